The molecule has 3 rings (SSSR count). The van der Waals surface area contributed by atoms with E-state index < -0.39 is 5.97 Å². The van der Waals surface area contributed by atoms with Crippen LogP contribution in [0.2, 0.25) is 0 Å². The molecule has 130 valence electrons. The number of methoxy groups -OCH3 is 2. The Bertz CT molecular complexity index is 1040. The van der Waals surface area contributed by atoms with Crippen LogP contribution in [0.25, 0.3) is 10.8 Å². The number of aromatic nitrogens is 1. The molecule has 0 aliphatic carbocycles. The molecule has 0 amide bonds. The van der Waals surface area contributed by atoms with Crippen LogP contribution in [0.1, 0.15) is 16.2 Å². The number of carbonyl (C=O) groups excluding carboxylic acids is 1. The summed E-state index contributed by atoms with van der Waals surface area (Å²) in [4.78, 5) is 15.7. The molecule has 0 radical (unpaired) electrons. The zero-order valence-electron chi connectivity index (χ0n) is 14.0. The van der Waals surface area contributed by atoms with E-state index in [0.717, 1.165) is 0 Å². The van der Waals surface area contributed by atoms with E-state index in [4.69, 9.17) is 9.47 Å². The number of pyridine rings is 1. The van der Waals surface area contributed by atoms with E-state index in [2.05, 4.69) is 9.72 Å². The van der Waals surface area contributed by atoms with Crippen LogP contribution < -0.4 is 9.47 Å². The molecule has 0 atom stereocenters. The number of esters is 1. The molecule has 7 nitrogen and oxygen atoms in total. The number of ether oxygens (including phenoxy) is 3. The second-order valence-corrected chi connectivity index (χ2v) is 5.19. The molecule has 26 heavy (non-hydrogen) atoms. The fourth-order valence-corrected chi connectivity index (χ4v) is 2.55. The molecule has 0 fully saturated rings. The number of benzene rings is 2. The summed E-state index contributed by atoms with van der Waals surface area (Å²) in [6, 6.07) is 13.8. The Labute approximate surface area is 149 Å². The molecule has 1 heterocycles. The number of aromatic hydroxyl groups is 1. The first-order valence-electron chi connectivity index (χ1n) is 7.55. The van der Waals surface area contributed by atoms with E-state index in [9.17, 15) is 15.2 Å². The molecule has 0 bridgehead atoms. The average molecular weight is 350 g/mol. The Kier molecular flexibility index (Phi) is 4.58. The number of para-hydroxylation sites is 2. The number of carbonyl (C=O) groups is 1. The normalized spacial score (nSPS) is 10.2. The van der Waals surface area contributed by atoms with Crippen molar-refractivity contribution in [1.82, 2.24) is 4.98 Å². The number of hydrogen-bond donors (Lipinski definition) is 1. The maximum absolute atomic E-state index is 11.8. The van der Waals surface area contributed by atoms with Gasteiger partial charge in [-0.3, -0.25) is 0 Å². The standard InChI is InChI=1S/C19H14N2O5/c1-24-13-7-3-4-8-14(13)26-15-9-5-6-11-16(15)12(10-20)21-17(18(11)22)19(23)25-2/h3-9,22H,1-2H3. The van der Waals surface area contributed by atoms with Gasteiger partial charge in [0.1, 0.15) is 11.8 Å². The molecule has 7 heteroatoms. The number of fused-ring (bicyclic) bond motifs is 1. The molecule has 0 unspecified atom stereocenters. The third kappa shape index (κ3) is 2.84. The first-order valence-corrected chi connectivity index (χ1v) is 7.55. The summed E-state index contributed by atoms with van der Waals surface area (Å²) in [6.45, 7) is 0. The zero-order chi connectivity index (χ0) is 18.7. The fraction of sp³-hybridized carbons (Fsp3) is 0.105. The highest BCUT2D eigenvalue weighted by atomic mass is 16.5. The molecule has 2 aromatic carbocycles. The Morgan fingerprint density at radius 3 is 2.42 bits per heavy atom. The van der Waals surface area contributed by atoms with Crippen molar-refractivity contribution >= 4 is 16.7 Å². The smallest absolute Gasteiger partial charge is 0.360 e. The van der Waals surface area contributed by atoms with Gasteiger partial charge in [-0.25, -0.2) is 9.78 Å². The van der Waals surface area contributed by atoms with E-state index in [0.29, 0.717) is 17.2 Å². The molecule has 1 aromatic heterocycles. The number of rotatable bonds is 4. The summed E-state index contributed by atoms with van der Waals surface area (Å²) in [6.07, 6.45) is 0. The van der Waals surface area contributed by atoms with E-state index in [-0.39, 0.29) is 27.9 Å². The summed E-state index contributed by atoms with van der Waals surface area (Å²) in [7, 11) is 2.68. The predicted molar refractivity (Wildman–Crippen MR) is 92.5 cm³/mol. The Morgan fingerprint density at radius 2 is 1.77 bits per heavy atom. The van der Waals surface area contributed by atoms with Crippen molar-refractivity contribution in [3.8, 4) is 29.1 Å². The number of hydrogen-bond acceptors (Lipinski definition) is 7. The SMILES string of the molecule is COC(=O)c1nc(C#N)c2c(Oc3ccccc3OC)cccc2c1O. The van der Waals surface area contributed by atoms with Gasteiger partial charge in [-0.1, -0.05) is 24.3 Å². The average Bonchev–Trinajstić information content (AvgIpc) is 2.68. The molecule has 0 spiro atoms. The minimum absolute atomic E-state index is 0.0660. The van der Waals surface area contributed by atoms with Gasteiger partial charge in [0, 0.05) is 5.39 Å². The third-order valence-corrected chi connectivity index (χ3v) is 3.74. The summed E-state index contributed by atoms with van der Waals surface area (Å²) in [5.41, 5.74) is -0.394. The van der Waals surface area contributed by atoms with Gasteiger partial charge in [-0.15, -0.1) is 0 Å². The molecule has 0 aliphatic heterocycles. The lowest BCUT2D eigenvalue weighted by Crippen LogP contribution is -2.07. The maximum atomic E-state index is 11.8. The van der Waals surface area contributed by atoms with Crippen molar-refractivity contribution in [3.63, 3.8) is 0 Å². The monoisotopic (exact) mass is 350 g/mol. The molecule has 3 aromatic rings. The highest BCUT2D eigenvalue weighted by Crippen LogP contribution is 2.39. The summed E-state index contributed by atoms with van der Waals surface area (Å²) < 4.78 is 15.8. The van der Waals surface area contributed by atoms with Gasteiger partial charge in [0.25, 0.3) is 0 Å². The van der Waals surface area contributed by atoms with Crippen LogP contribution >= 0.6 is 0 Å². The van der Waals surface area contributed by atoms with Crippen molar-refractivity contribution in [2.75, 3.05) is 14.2 Å². The summed E-state index contributed by atoms with van der Waals surface area (Å²) in [5.74, 6) is 0.0188. The zero-order valence-corrected chi connectivity index (χ0v) is 14.0. The molecular weight excluding hydrogens is 336 g/mol. The first kappa shape index (κ1) is 17.0. The molecule has 0 saturated carbocycles. The van der Waals surface area contributed by atoms with Crippen molar-refractivity contribution in [3.05, 3.63) is 53.9 Å². The van der Waals surface area contributed by atoms with Gasteiger partial charge in [-0.05, 0) is 18.2 Å². The van der Waals surface area contributed by atoms with E-state index >= 15 is 0 Å². The quantitative estimate of drug-likeness (QED) is 0.719. The molecule has 1 N–H and O–H groups in total. The second-order valence-electron chi connectivity index (χ2n) is 5.19. The van der Waals surface area contributed by atoms with Crippen LogP contribution in [-0.4, -0.2) is 30.3 Å². The molecule has 0 aliphatic rings. The highest BCUT2D eigenvalue weighted by molar-refractivity contribution is 6.03. The molecule has 0 saturated heterocycles. The number of nitriles is 1. The largest absolute Gasteiger partial charge is 0.505 e. The van der Waals surface area contributed by atoms with Crippen molar-refractivity contribution in [2.45, 2.75) is 0 Å². The molecular formula is C19H14N2O5. The first-order chi connectivity index (χ1) is 12.6. The second kappa shape index (κ2) is 6.99. The summed E-state index contributed by atoms with van der Waals surface area (Å²) >= 11 is 0. The lowest BCUT2D eigenvalue weighted by Gasteiger charge is -2.14. The van der Waals surface area contributed by atoms with Crippen molar-refractivity contribution in [2.24, 2.45) is 0 Å². The topological polar surface area (TPSA) is 102 Å². The van der Waals surface area contributed by atoms with Gasteiger partial charge in [-0.2, -0.15) is 5.26 Å². The van der Waals surface area contributed by atoms with Crippen LogP contribution in [0.4, 0.5) is 0 Å². The third-order valence-electron chi connectivity index (χ3n) is 3.74. The van der Waals surface area contributed by atoms with Gasteiger partial charge in [0.15, 0.2) is 28.6 Å². The lowest BCUT2D eigenvalue weighted by atomic mass is 10.1. The van der Waals surface area contributed by atoms with Gasteiger partial charge < -0.3 is 19.3 Å². The minimum atomic E-state index is -0.836. The van der Waals surface area contributed by atoms with Crippen molar-refractivity contribution in [1.29, 1.82) is 5.26 Å². The van der Waals surface area contributed by atoms with Crippen LogP contribution in [0, 0.1) is 11.3 Å². The van der Waals surface area contributed by atoms with Gasteiger partial charge in [0.2, 0.25) is 0 Å². The van der Waals surface area contributed by atoms with E-state index in [1.54, 1.807) is 42.5 Å². The Hall–Kier alpha value is -3.79. The van der Waals surface area contributed by atoms with Crippen LogP contribution in [-0.2, 0) is 4.74 Å². The maximum Gasteiger partial charge on any atom is 0.360 e. The Balaban J connectivity index is 2.24. The van der Waals surface area contributed by atoms with E-state index in [1.807, 2.05) is 6.07 Å². The van der Waals surface area contributed by atoms with E-state index in [1.165, 1.54) is 14.2 Å². The predicted octanol–water partition coefficient (Wildman–Crippen LogP) is 3.40. The minimum Gasteiger partial charge on any atom is -0.505 e. The van der Waals surface area contributed by atoms with Crippen LogP contribution in [0.15, 0.2) is 42.5 Å². The van der Waals surface area contributed by atoms with Crippen molar-refractivity contribution < 1.29 is 24.1 Å². The summed E-state index contributed by atoms with van der Waals surface area (Å²) in [5, 5.41) is 20.4. The van der Waals surface area contributed by atoms with Gasteiger partial charge >= 0.3 is 5.97 Å². The van der Waals surface area contributed by atoms with Crippen LogP contribution in [0.5, 0.6) is 23.0 Å². The Morgan fingerprint density at radius 1 is 1.08 bits per heavy atom. The highest BCUT2D eigenvalue weighted by Gasteiger charge is 2.22. The fourth-order valence-electron chi connectivity index (χ4n) is 2.55. The van der Waals surface area contributed by atoms with Gasteiger partial charge in [0.05, 0.1) is 19.6 Å². The lowest BCUT2D eigenvalue weighted by molar-refractivity contribution is 0.0590. The van der Waals surface area contributed by atoms with Crippen LogP contribution in [0.3, 0.4) is 0 Å². The number of nitrogens with zero attached hydrogens (tertiary/aromatic N) is 2.